The molecule has 3 heteroatoms. The van der Waals surface area contributed by atoms with E-state index in [0.717, 1.165) is 11.0 Å². The zero-order chi connectivity index (χ0) is 9.97. The highest BCUT2D eigenvalue weighted by molar-refractivity contribution is 5.74. The van der Waals surface area contributed by atoms with Crippen LogP contribution in [0.15, 0.2) is 36.3 Å². The SMILES string of the molecule is [CH2]/C(F)=C\c1cnc2ccccc2n1. The van der Waals surface area contributed by atoms with Gasteiger partial charge in [-0.3, -0.25) is 4.98 Å². The molecule has 0 aliphatic heterocycles. The molecule has 0 saturated heterocycles. The summed E-state index contributed by atoms with van der Waals surface area (Å²) in [5.74, 6) is -0.519. The number of halogens is 1. The second-order valence-electron chi connectivity index (χ2n) is 2.87. The second kappa shape index (κ2) is 3.54. The number of aromatic nitrogens is 2. The van der Waals surface area contributed by atoms with Gasteiger partial charge in [0.15, 0.2) is 0 Å². The monoisotopic (exact) mass is 187 g/mol. The van der Waals surface area contributed by atoms with Crippen molar-refractivity contribution >= 4 is 17.1 Å². The molecule has 0 aliphatic carbocycles. The average Bonchev–Trinajstić information content (AvgIpc) is 2.17. The smallest absolute Gasteiger partial charge is 0.103 e. The molecular weight excluding hydrogens is 179 g/mol. The summed E-state index contributed by atoms with van der Waals surface area (Å²) in [7, 11) is 0. The van der Waals surface area contributed by atoms with Crippen LogP contribution in [0, 0.1) is 6.92 Å². The van der Waals surface area contributed by atoms with Gasteiger partial charge in [-0.1, -0.05) is 12.1 Å². The topological polar surface area (TPSA) is 25.8 Å². The molecule has 0 fully saturated rings. The summed E-state index contributed by atoms with van der Waals surface area (Å²) in [5, 5.41) is 0. The zero-order valence-corrected chi connectivity index (χ0v) is 7.44. The van der Waals surface area contributed by atoms with Crippen LogP contribution in [0.5, 0.6) is 0 Å². The van der Waals surface area contributed by atoms with Crippen molar-refractivity contribution in [3.05, 3.63) is 48.9 Å². The molecule has 0 unspecified atom stereocenters. The van der Waals surface area contributed by atoms with Gasteiger partial charge in [-0.05, 0) is 18.2 Å². The van der Waals surface area contributed by atoms with Gasteiger partial charge in [0.25, 0.3) is 0 Å². The summed E-state index contributed by atoms with van der Waals surface area (Å²) in [6, 6.07) is 7.44. The van der Waals surface area contributed by atoms with Gasteiger partial charge in [-0.15, -0.1) is 0 Å². The lowest BCUT2D eigenvalue weighted by atomic mass is 10.3. The largest absolute Gasteiger partial charge is 0.252 e. The lowest BCUT2D eigenvalue weighted by molar-refractivity contribution is 0.672. The third kappa shape index (κ3) is 1.76. The molecule has 2 rings (SSSR count). The molecule has 2 nitrogen and oxygen atoms in total. The van der Waals surface area contributed by atoms with Gasteiger partial charge < -0.3 is 0 Å². The highest BCUT2D eigenvalue weighted by Crippen LogP contribution is 2.10. The van der Waals surface area contributed by atoms with Crippen LogP contribution >= 0.6 is 0 Å². The first-order chi connectivity index (χ1) is 6.75. The Balaban J connectivity index is 2.57. The van der Waals surface area contributed by atoms with Crippen LogP contribution in [0.1, 0.15) is 5.69 Å². The fourth-order valence-electron chi connectivity index (χ4n) is 1.20. The maximum atomic E-state index is 12.5. The van der Waals surface area contributed by atoms with E-state index in [9.17, 15) is 4.39 Å². The van der Waals surface area contributed by atoms with Crippen molar-refractivity contribution in [1.29, 1.82) is 0 Å². The van der Waals surface area contributed by atoms with E-state index in [2.05, 4.69) is 16.9 Å². The Hall–Kier alpha value is -1.77. The van der Waals surface area contributed by atoms with Gasteiger partial charge in [-0.25, -0.2) is 9.37 Å². The molecule has 0 atom stereocenters. The van der Waals surface area contributed by atoms with Crippen LogP contribution in [-0.4, -0.2) is 9.97 Å². The van der Waals surface area contributed by atoms with Crippen LogP contribution in [0.2, 0.25) is 0 Å². The van der Waals surface area contributed by atoms with Crippen molar-refractivity contribution < 1.29 is 4.39 Å². The molecule has 0 aliphatic rings. The first-order valence-electron chi connectivity index (χ1n) is 4.16. The van der Waals surface area contributed by atoms with E-state index in [1.807, 2.05) is 24.3 Å². The van der Waals surface area contributed by atoms with Crippen molar-refractivity contribution in [2.75, 3.05) is 0 Å². The minimum absolute atomic E-state index is 0.483. The Kier molecular flexibility index (Phi) is 2.23. The molecule has 69 valence electrons. The second-order valence-corrected chi connectivity index (χ2v) is 2.87. The molecule has 0 saturated carbocycles. The predicted molar refractivity (Wildman–Crippen MR) is 54.0 cm³/mol. The van der Waals surface area contributed by atoms with Crippen molar-refractivity contribution in [3.63, 3.8) is 0 Å². The Morgan fingerprint density at radius 2 is 2.00 bits per heavy atom. The standard InChI is InChI=1S/C11H8FN2/c1-8(12)6-9-7-13-10-4-2-3-5-11(10)14-9/h2-7H,1H2/b8-6+. The lowest BCUT2D eigenvalue weighted by Gasteiger charge is -1.96. The highest BCUT2D eigenvalue weighted by Gasteiger charge is 1.96. The molecule has 1 heterocycles. The summed E-state index contributed by atoms with van der Waals surface area (Å²) < 4.78 is 12.5. The van der Waals surface area contributed by atoms with Crippen molar-refractivity contribution in [1.82, 2.24) is 9.97 Å². The summed E-state index contributed by atoms with van der Waals surface area (Å²) in [6.45, 7) is 3.14. The van der Waals surface area contributed by atoms with E-state index < -0.39 is 5.83 Å². The third-order valence-electron chi connectivity index (χ3n) is 1.77. The number of rotatable bonds is 1. The number of para-hydroxylation sites is 2. The minimum Gasteiger partial charge on any atom is -0.252 e. The van der Waals surface area contributed by atoms with Crippen LogP contribution in [0.3, 0.4) is 0 Å². The lowest BCUT2D eigenvalue weighted by Crippen LogP contribution is -1.86. The van der Waals surface area contributed by atoms with Gasteiger partial charge in [0.2, 0.25) is 0 Å². The van der Waals surface area contributed by atoms with E-state index >= 15 is 0 Å². The number of fused-ring (bicyclic) bond motifs is 1. The quantitative estimate of drug-likeness (QED) is 0.686. The van der Waals surface area contributed by atoms with Crippen molar-refractivity contribution in [2.24, 2.45) is 0 Å². The normalized spacial score (nSPS) is 12.0. The Bertz CT molecular complexity index is 487. The van der Waals surface area contributed by atoms with Gasteiger partial charge in [0.05, 0.1) is 22.9 Å². The van der Waals surface area contributed by atoms with Gasteiger partial charge in [-0.2, -0.15) is 0 Å². The summed E-state index contributed by atoms with van der Waals surface area (Å²) in [5.41, 5.74) is 2.04. The average molecular weight is 187 g/mol. The first kappa shape index (κ1) is 8.81. The van der Waals surface area contributed by atoms with E-state index in [-0.39, 0.29) is 0 Å². The number of benzene rings is 1. The maximum Gasteiger partial charge on any atom is 0.103 e. The maximum absolute atomic E-state index is 12.5. The molecule has 0 spiro atoms. The Morgan fingerprint density at radius 1 is 1.29 bits per heavy atom. The van der Waals surface area contributed by atoms with Gasteiger partial charge >= 0.3 is 0 Å². The summed E-state index contributed by atoms with van der Waals surface area (Å²) >= 11 is 0. The van der Waals surface area contributed by atoms with Crippen LogP contribution in [0.25, 0.3) is 17.1 Å². The fraction of sp³-hybridized carbons (Fsp3) is 0. The Morgan fingerprint density at radius 3 is 2.71 bits per heavy atom. The highest BCUT2D eigenvalue weighted by atomic mass is 19.1. The molecule has 0 amide bonds. The summed E-state index contributed by atoms with van der Waals surface area (Å²) in [4.78, 5) is 8.33. The molecule has 1 aromatic heterocycles. The molecule has 0 N–H and O–H groups in total. The molecule has 1 aromatic carbocycles. The van der Waals surface area contributed by atoms with E-state index in [1.165, 1.54) is 12.3 Å². The van der Waals surface area contributed by atoms with Gasteiger partial charge in [0, 0.05) is 6.92 Å². The summed E-state index contributed by atoms with van der Waals surface area (Å²) in [6.07, 6.45) is 2.77. The van der Waals surface area contributed by atoms with E-state index in [1.54, 1.807) is 0 Å². The molecule has 14 heavy (non-hydrogen) atoms. The number of allylic oxidation sites excluding steroid dienone is 1. The van der Waals surface area contributed by atoms with Crippen LogP contribution in [0.4, 0.5) is 4.39 Å². The Labute approximate surface area is 81.1 Å². The van der Waals surface area contributed by atoms with E-state index in [0.29, 0.717) is 5.69 Å². The number of hydrogen-bond acceptors (Lipinski definition) is 2. The molecular formula is C11H8FN2. The third-order valence-corrected chi connectivity index (χ3v) is 1.77. The van der Waals surface area contributed by atoms with Crippen LogP contribution < -0.4 is 0 Å². The first-order valence-corrected chi connectivity index (χ1v) is 4.16. The van der Waals surface area contributed by atoms with E-state index in [4.69, 9.17) is 0 Å². The number of hydrogen-bond donors (Lipinski definition) is 0. The molecule has 0 bridgehead atoms. The molecule has 1 radical (unpaired) electrons. The molecule has 2 aromatic rings. The van der Waals surface area contributed by atoms with Crippen molar-refractivity contribution in [2.45, 2.75) is 0 Å². The fourth-order valence-corrected chi connectivity index (χ4v) is 1.20. The van der Waals surface area contributed by atoms with Crippen LogP contribution in [-0.2, 0) is 0 Å². The van der Waals surface area contributed by atoms with Crippen molar-refractivity contribution in [3.8, 4) is 0 Å². The van der Waals surface area contributed by atoms with Gasteiger partial charge in [0.1, 0.15) is 5.83 Å². The minimum atomic E-state index is -0.519. The zero-order valence-electron chi connectivity index (χ0n) is 7.44. The predicted octanol–water partition coefficient (Wildman–Crippen LogP) is 2.77. The number of nitrogens with zero attached hydrogens (tertiary/aromatic N) is 2.